The van der Waals surface area contributed by atoms with Gasteiger partial charge in [-0.2, -0.15) is 0 Å². The number of fused-ring (bicyclic) bond motifs is 1. The lowest BCUT2D eigenvalue weighted by Gasteiger charge is -2.39. The molecule has 0 unspecified atom stereocenters. The average Bonchev–Trinajstić information content (AvgIpc) is 2.68. The van der Waals surface area contributed by atoms with Gasteiger partial charge < -0.3 is 15.3 Å². The summed E-state index contributed by atoms with van der Waals surface area (Å²) < 4.78 is 44.0. The standard InChI is InChI=1S/C21H19F3N4O3/c1-21(2)10-27(6-5-25-21)19-15(24)8-12-17(29)13(20(30)31)9-28(18(12)26-19)16-4-3-11(22)7-14(16)23/h3-4,7-9,25H,5-6,10H2,1-2H3,(H,30,31). The number of carboxylic acids is 1. The number of pyridine rings is 2. The van der Waals surface area contributed by atoms with E-state index >= 15 is 0 Å². The van der Waals surface area contributed by atoms with Crippen LogP contribution >= 0.6 is 0 Å². The van der Waals surface area contributed by atoms with Gasteiger partial charge in [0.05, 0.1) is 11.1 Å². The fraction of sp³-hybridized carbons (Fsp3) is 0.286. The summed E-state index contributed by atoms with van der Waals surface area (Å²) in [5.41, 5.74) is -2.31. The molecule has 0 radical (unpaired) electrons. The van der Waals surface area contributed by atoms with Gasteiger partial charge >= 0.3 is 5.97 Å². The maximum Gasteiger partial charge on any atom is 0.341 e. The van der Waals surface area contributed by atoms with Crippen molar-refractivity contribution in [2.24, 2.45) is 0 Å². The molecule has 0 atom stereocenters. The van der Waals surface area contributed by atoms with E-state index in [4.69, 9.17) is 0 Å². The van der Waals surface area contributed by atoms with Gasteiger partial charge in [-0.05, 0) is 32.0 Å². The third kappa shape index (κ3) is 3.74. The van der Waals surface area contributed by atoms with Crippen LogP contribution in [0.5, 0.6) is 0 Å². The molecule has 0 amide bonds. The largest absolute Gasteiger partial charge is 0.477 e. The van der Waals surface area contributed by atoms with Crippen LogP contribution in [0.2, 0.25) is 0 Å². The molecular weight excluding hydrogens is 413 g/mol. The molecule has 2 N–H and O–H groups in total. The van der Waals surface area contributed by atoms with E-state index in [9.17, 15) is 27.9 Å². The molecule has 0 saturated carbocycles. The van der Waals surface area contributed by atoms with Gasteiger partial charge in [0.1, 0.15) is 17.2 Å². The number of anilines is 1. The van der Waals surface area contributed by atoms with Crippen molar-refractivity contribution in [2.45, 2.75) is 19.4 Å². The average molecular weight is 432 g/mol. The molecule has 3 aromatic rings. The lowest BCUT2D eigenvalue weighted by molar-refractivity contribution is 0.0695. The Balaban J connectivity index is 2.02. The van der Waals surface area contributed by atoms with E-state index in [2.05, 4.69) is 10.3 Å². The highest BCUT2D eigenvalue weighted by atomic mass is 19.1. The van der Waals surface area contributed by atoms with Crippen molar-refractivity contribution in [3.05, 3.63) is 63.7 Å². The van der Waals surface area contributed by atoms with Crippen LogP contribution < -0.4 is 15.6 Å². The molecule has 1 saturated heterocycles. The van der Waals surface area contributed by atoms with Crippen LogP contribution in [-0.2, 0) is 0 Å². The van der Waals surface area contributed by atoms with Crippen LogP contribution in [-0.4, -0.2) is 45.8 Å². The van der Waals surface area contributed by atoms with Gasteiger partial charge in [0.15, 0.2) is 17.3 Å². The van der Waals surface area contributed by atoms with Gasteiger partial charge in [0.2, 0.25) is 5.43 Å². The smallest absolute Gasteiger partial charge is 0.341 e. The number of carbonyl (C=O) groups is 1. The quantitative estimate of drug-likeness (QED) is 0.662. The minimum Gasteiger partial charge on any atom is -0.477 e. The summed E-state index contributed by atoms with van der Waals surface area (Å²) in [5, 5.41) is 12.4. The fourth-order valence-corrected chi connectivity index (χ4v) is 3.77. The molecule has 0 spiro atoms. The van der Waals surface area contributed by atoms with Crippen LogP contribution in [0.15, 0.2) is 35.3 Å². The van der Waals surface area contributed by atoms with Crippen molar-refractivity contribution in [1.29, 1.82) is 0 Å². The first-order valence-corrected chi connectivity index (χ1v) is 9.52. The third-order valence-corrected chi connectivity index (χ3v) is 5.18. The highest BCUT2D eigenvalue weighted by Crippen LogP contribution is 2.26. The molecule has 162 valence electrons. The molecule has 0 aliphatic carbocycles. The predicted molar refractivity (Wildman–Crippen MR) is 108 cm³/mol. The second-order valence-electron chi connectivity index (χ2n) is 8.04. The second kappa shape index (κ2) is 7.38. The minimum atomic E-state index is -1.56. The van der Waals surface area contributed by atoms with Crippen molar-refractivity contribution >= 4 is 22.8 Å². The van der Waals surface area contributed by atoms with E-state index in [0.29, 0.717) is 25.7 Å². The van der Waals surface area contributed by atoms with Crippen LogP contribution in [0.3, 0.4) is 0 Å². The van der Waals surface area contributed by atoms with Crippen LogP contribution in [0, 0.1) is 17.5 Å². The van der Waals surface area contributed by atoms with Crippen LogP contribution in [0.4, 0.5) is 19.0 Å². The molecule has 2 aromatic heterocycles. The SMILES string of the molecule is CC1(C)CN(c2nc3c(cc2F)c(=O)c(C(=O)O)cn3-c2ccc(F)cc2F)CCN1. The van der Waals surface area contributed by atoms with Gasteiger partial charge in [-0.3, -0.25) is 9.36 Å². The molecule has 10 heteroatoms. The summed E-state index contributed by atoms with van der Waals surface area (Å²) in [6.45, 7) is 5.33. The zero-order chi connectivity index (χ0) is 22.5. The first kappa shape index (κ1) is 20.9. The molecule has 4 rings (SSSR count). The first-order chi connectivity index (χ1) is 14.6. The number of hydrogen-bond acceptors (Lipinski definition) is 5. The second-order valence-corrected chi connectivity index (χ2v) is 8.04. The van der Waals surface area contributed by atoms with Crippen molar-refractivity contribution < 1.29 is 23.1 Å². The normalized spacial score (nSPS) is 16.0. The molecular formula is C21H19F3N4O3. The Bertz CT molecular complexity index is 1270. The number of carboxylic acid groups (broad SMARTS) is 1. The van der Waals surface area contributed by atoms with Crippen LogP contribution in [0.1, 0.15) is 24.2 Å². The maximum atomic E-state index is 15.0. The molecule has 3 heterocycles. The van der Waals surface area contributed by atoms with Gasteiger partial charge in [-0.15, -0.1) is 0 Å². The topological polar surface area (TPSA) is 87.5 Å². The molecule has 0 bridgehead atoms. The molecule has 7 nitrogen and oxygen atoms in total. The lowest BCUT2D eigenvalue weighted by atomic mass is 10.0. The first-order valence-electron chi connectivity index (χ1n) is 9.52. The Morgan fingerprint density at radius 3 is 2.58 bits per heavy atom. The Morgan fingerprint density at radius 2 is 1.94 bits per heavy atom. The summed E-state index contributed by atoms with van der Waals surface area (Å²) in [4.78, 5) is 30.2. The molecule has 1 fully saturated rings. The highest BCUT2D eigenvalue weighted by molar-refractivity contribution is 5.92. The van der Waals surface area contributed by atoms with Crippen LogP contribution in [0.25, 0.3) is 16.7 Å². The number of hydrogen-bond donors (Lipinski definition) is 2. The summed E-state index contributed by atoms with van der Waals surface area (Å²) in [6.07, 6.45) is 0.916. The summed E-state index contributed by atoms with van der Waals surface area (Å²) >= 11 is 0. The Kier molecular flexibility index (Phi) is 4.97. The Morgan fingerprint density at radius 1 is 1.19 bits per heavy atom. The monoisotopic (exact) mass is 432 g/mol. The van der Waals surface area contributed by atoms with E-state index in [1.807, 2.05) is 13.8 Å². The van der Waals surface area contributed by atoms with Crippen molar-refractivity contribution in [2.75, 3.05) is 24.5 Å². The van der Waals surface area contributed by atoms with E-state index in [1.54, 1.807) is 4.90 Å². The zero-order valence-corrected chi connectivity index (χ0v) is 16.7. The zero-order valence-electron chi connectivity index (χ0n) is 16.7. The minimum absolute atomic E-state index is 0.0409. The van der Waals surface area contributed by atoms with E-state index in [0.717, 1.165) is 29.0 Å². The van der Waals surface area contributed by atoms with E-state index in [1.165, 1.54) is 0 Å². The lowest BCUT2D eigenvalue weighted by Crippen LogP contribution is -2.57. The Labute approximate surface area is 174 Å². The number of aromatic nitrogens is 2. The van der Waals surface area contributed by atoms with Gasteiger partial charge in [0, 0.05) is 37.4 Å². The van der Waals surface area contributed by atoms with E-state index < -0.39 is 34.4 Å². The predicted octanol–water partition coefficient (Wildman–Crippen LogP) is 2.69. The number of aromatic carboxylic acids is 1. The van der Waals surface area contributed by atoms with Crippen molar-refractivity contribution in [3.63, 3.8) is 0 Å². The number of piperazine rings is 1. The number of rotatable bonds is 3. The summed E-state index contributed by atoms with van der Waals surface area (Å²) in [5.74, 6) is -4.21. The van der Waals surface area contributed by atoms with Gasteiger partial charge in [-0.25, -0.2) is 22.9 Å². The molecule has 1 aliphatic heterocycles. The molecule has 1 aromatic carbocycles. The number of nitrogens with one attached hydrogen (secondary N) is 1. The van der Waals surface area contributed by atoms with Crippen molar-refractivity contribution in [1.82, 2.24) is 14.9 Å². The van der Waals surface area contributed by atoms with Crippen molar-refractivity contribution in [3.8, 4) is 5.69 Å². The fourth-order valence-electron chi connectivity index (χ4n) is 3.77. The van der Waals surface area contributed by atoms with E-state index in [-0.39, 0.29) is 28.1 Å². The van der Waals surface area contributed by atoms with Gasteiger partial charge in [-0.1, -0.05) is 0 Å². The van der Waals surface area contributed by atoms with Gasteiger partial charge in [0.25, 0.3) is 0 Å². The Hall–Kier alpha value is -3.40. The number of halogens is 3. The summed E-state index contributed by atoms with van der Waals surface area (Å²) in [6, 6.07) is 3.63. The number of benzene rings is 1. The maximum absolute atomic E-state index is 15.0. The molecule has 1 aliphatic rings. The third-order valence-electron chi connectivity index (χ3n) is 5.18. The highest BCUT2D eigenvalue weighted by Gasteiger charge is 2.29. The summed E-state index contributed by atoms with van der Waals surface area (Å²) in [7, 11) is 0. The molecule has 31 heavy (non-hydrogen) atoms. The number of nitrogens with zero attached hydrogens (tertiary/aromatic N) is 3.